The van der Waals surface area contributed by atoms with Crippen LogP contribution in [0.4, 0.5) is 0 Å². The van der Waals surface area contributed by atoms with Crippen molar-refractivity contribution in [2.45, 2.75) is 38.4 Å². The van der Waals surface area contributed by atoms with Crippen molar-refractivity contribution in [3.05, 3.63) is 22.1 Å². The van der Waals surface area contributed by atoms with E-state index in [4.69, 9.17) is 5.11 Å². The maximum absolute atomic E-state index is 12.2. The molecule has 0 unspecified atom stereocenters. The van der Waals surface area contributed by atoms with Crippen LogP contribution < -0.4 is 10.9 Å². The van der Waals surface area contributed by atoms with Gasteiger partial charge in [0.2, 0.25) is 0 Å². The van der Waals surface area contributed by atoms with Crippen LogP contribution in [0.2, 0.25) is 0 Å². The molecular formula is C14H21N3O3S. The van der Waals surface area contributed by atoms with Gasteiger partial charge in [-0.1, -0.05) is 25.6 Å². The summed E-state index contributed by atoms with van der Waals surface area (Å²) in [5, 5.41) is 12.3. The first-order valence-corrected chi connectivity index (χ1v) is 8.05. The van der Waals surface area contributed by atoms with E-state index in [0.29, 0.717) is 24.7 Å². The number of hydrogen-bond donors (Lipinski definition) is 2. The van der Waals surface area contributed by atoms with Gasteiger partial charge in [-0.3, -0.25) is 14.2 Å². The van der Waals surface area contributed by atoms with Crippen LogP contribution >= 0.6 is 11.8 Å². The van der Waals surface area contributed by atoms with Crippen LogP contribution in [0.5, 0.6) is 0 Å². The second-order valence-electron chi connectivity index (χ2n) is 5.93. The topological polar surface area (TPSA) is 84.2 Å². The molecule has 1 aliphatic rings. The van der Waals surface area contributed by atoms with Gasteiger partial charge in [0.1, 0.15) is 5.56 Å². The maximum atomic E-state index is 12.2. The average Bonchev–Trinajstić information content (AvgIpc) is 2.92. The number of thioether (sulfide) groups is 1. The number of amides is 1. The summed E-state index contributed by atoms with van der Waals surface area (Å²) in [6, 6.07) is 0. The first-order valence-electron chi connectivity index (χ1n) is 7.06. The Morgan fingerprint density at radius 3 is 3.05 bits per heavy atom. The number of hydrogen-bond acceptors (Lipinski definition) is 5. The number of carbonyl (C=O) groups excluding carboxylic acids is 1. The fourth-order valence-electron chi connectivity index (χ4n) is 2.23. The van der Waals surface area contributed by atoms with Gasteiger partial charge in [0.15, 0.2) is 5.16 Å². The molecule has 7 heteroatoms. The molecule has 21 heavy (non-hydrogen) atoms. The zero-order chi connectivity index (χ0) is 15.5. The second-order valence-corrected chi connectivity index (χ2v) is 7.00. The van der Waals surface area contributed by atoms with Gasteiger partial charge in [0.05, 0.1) is 0 Å². The van der Waals surface area contributed by atoms with E-state index < -0.39 is 0 Å². The largest absolute Gasteiger partial charge is 0.396 e. The van der Waals surface area contributed by atoms with E-state index >= 15 is 0 Å². The molecule has 0 fully saturated rings. The second kappa shape index (κ2) is 6.62. The summed E-state index contributed by atoms with van der Waals surface area (Å²) in [5.41, 5.74) is -0.288. The fourth-order valence-corrected chi connectivity index (χ4v) is 3.15. The molecule has 1 aromatic rings. The normalized spacial score (nSPS) is 14.0. The molecule has 0 radical (unpaired) electrons. The Morgan fingerprint density at radius 1 is 1.57 bits per heavy atom. The molecular weight excluding hydrogens is 290 g/mol. The lowest BCUT2D eigenvalue weighted by Gasteiger charge is -2.24. The van der Waals surface area contributed by atoms with Gasteiger partial charge in [-0.15, -0.1) is 0 Å². The third-order valence-electron chi connectivity index (χ3n) is 3.54. The number of nitrogens with one attached hydrogen (secondary N) is 1. The van der Waals surface area contributed by atoms with Crippen molar-refractivity contribution < 1.29 is 9.90 Å². The van der Waals surface area contributed by atoms with Crippen LogP contribution in [0.25, 0.3) is 0 Å². The molecule has 0 saturated carbocycles. The molecule has 0 bridgehead atoms. The van der Waals surface area contributed by atoms with Crippen molar-refractivity contribution in [3.8, 4) is 0 Å². The van der Waals surface area contributed by atoms with E-state index in [1.165, 1.54) is 18.0 Å². The van der Waals surface area contributed by atoms with Crippen molar-refractivity contribution in [2.24, 2.45) is 5.41 Å². The summed E-state index contributed by atoms with van der Waals surface area (Å²) >= 11 is 1.53. The molecule has 0 aromatic carbocycles. The number of nitrogens with zero attached hydrogens (tertiary/aromatic N) is 2. The Balaban J connectivity index is 2.03. The molecule has 0 atom stereocenters. The van der Waals surface area contributed by atoms with E-state index in [0.717, 1.165) is 12.2 Å². The zero-order valence-electron chi connectivity index (χ0n) is 12.4. The van der Waals surface area contributed by atoms with E-state index in [-0.39, 0.29) is 29.1 Å². The minimum absolute atomic E-state index is 0.0965. The lowest BCUT2D eigenvalue weighted by molar-refractivity contribution is 0.0930. The molecule has 6 nitrogen and oxygen atoms in total. The van der Waals surface area contributed by atoms with Crippen LogP contribution in [0.15, 0.2) is 16.1 Å². The predicted octanol–water partition coefficient (Wildman–Crippen LogP) is 0.877. The first kappa shape index (κ1) is 16.0. The SMILES string of the molecule is CC(C)(CCCO)CNC(=O)c1cnc2n(c1=O)CCS2. The molecule has 2 rings (SSSR count). The molecule has 1 aliphatic heterocycles. The Morgan fingerprint density at radius 2 is 2.33 bits per heavy atom. The van der Waals surface area contributed by atoms with Crippen molar-refractivity contribution in [1.82, 2.24) is 14.9 Å². The lowest BCUT2D eigenvalue weighted by Crippen LogP contribution is -2.38. The molecule has 2 heterocycles. The third-order valence-corrected chi connectivity index (χ3v) is 4.51. The molecule has 1 aromatic heterocycles. The minimum atomic E-state index is -0.378. The fraction of sp³-hybridized carbons (Fsp3) is 0.643. The maximum Gasteiger partial charge on any atom is 0.267 e. The highest BCUT2D eigenvalue weighted by molar-refractivity contribution is 7.99. The first-order chi connectivity index (χ1) is 9.94. The lowest BCUT2D eigenvalue weighted by atomic mass is 9.88. The van der Waals surface area contributed by atoms with E-state index in [1.807, 2.05) is 13.8 Å². The smallest absolute Gasteiger partial charge is 0.267 e. The van der Waals surface area contributed by atoms with Crippen molar-refractivity contribution in [3.63, 3.8) is 0 Å². The highest BCUT2D eigenvalue weighted by Gasteiger charge is 2.22. The van der Waals surface area contributed by atoms with E-state index in [1.54, 1.807) is 4.57 Å². The Hall–Kier alpha value is -1.34. The van der Waals surface area contributed by atoms with E-state index in [2.05, 4.69) is 10.3 Å². The minimum Gasteiger partial charge on any atom is -0.396 e. The van der Waals surface area contributed by atoms with Crippen LogP contribution in [0, 0.1) is 5.41 Å². The van der Waals surface area contributed by atoms with Gasteiger partial charge >= 0.3 is 0 Å². The van der Waals surface area contributed by atoms with Gasteiger partial charge in [0, 0.05) is 31.6 Å². The van der Waals surface area contributed by atoms with Gasteiger partial charge in [0.25, 0.3) is 11.5 Å². The quantitative estimate of drug-likeness (QED) is 0.762. The number of fused-ring (bicyclic) bond motifs is 1. The number of aromatic nitrogens is 2. The standard InChI is InChI=1S/C14H21N3O3S/c1-14(2,4-3-6-18)9-16-11(19)10-8-15-13-17(12(10)20)5-7-21-13/h8,18H,3-7,9H2,1-2H3,(H,16,19). The Bertz CT molecular complexity index is 583. The highest BCUT2D eigenvalue weighted by atomic mass is 32.2. The molecule has 0 spiro atoms. The number of aliphatic hydroxyl groups is 1. The number of aliphatic hydroxyl groups excluding tert-OH is 1. The summed E-state index contributed by atoms with van der Waals surface area (Å²) < 4.78 is 1.55. The summed E-state index contributed by atoms with van der Waals surface area (Å²) in [6.45, 7) is 5.25. The van der Waals surface area contributed by atoms with Crippen molar-refractivity contribution in [2.75, 3.05) is 18.9 Å². The summed E-state index contributed by atoms with van der Waals surface area (Å²) in [5.74, 6) is 0.443. The Labute approximate surface area is 128 Å². The Kier molecular flexibility index (Phi) is 5.05. The number of rotatable bonds is 6. The van der Waals surface area contributed by atoms with Crippen molar-refractivity contribution in [1.29, 1.82) is 0 Å². The summed E-state index contributed by atoms with van der Waals surface area (Å²) in [6.07, 6.45) is 2.87. The van der Waals surface area contributed by atoms with Gasteiger partial charge < -0.3 is 10.4 Å². The molecule has 116 valence electrons. The summed E-state index contributed by atoms with van der Waals surface area (Å²) in [7, 11) is 0. The van der Waals surface area contributed by atoms with Crippen molar-refractivity contribution >= 4 is 17.7 Å². The molecule has 2 N–H and O–H groups in total. The molecule has 0 saturated heterocycles. The van der Waals surface area contributed by atoms with E-state index in [9.17, 15) is 9.59 Å². The average molecular weight is 311 g/mol. The van der Waals surface area contributed by atoms with Crippen LogP contribution in [-0.4, -0.2) is 39.5 Å². The van der Waals surface area contributed by atoms with Crippen LogP contribution in [0.1, 0.15) is 37.0 Å². The van der Waals surface area contributed by atoms with Gasteiger partial charge in [-0.25, -0.2) is 4.98 Å². The highest BCUT2D eigenvalue weighted by Crippen LogP contribution is 2.22. The summed E-state index contributed by atoms with van der Waals surface area (Å²) in [4.78, 5) is 28.5. The van der Waals surface area contributed by atoms with Gasteiger partial charge in [-0.2, -0.15) is 0 Å². The molecule has 1 amide bonds. The monoisotopic (exact) mass is 311 g/mol. The van der Waals surface area contributed by atoms with Crippen LogP contribution in [-0.2, 0) is 6.54 Å². The van der Waals surface area contributed by atoms with Gasteiger partial charge in [-0.05, 0) is 18.3 Å². The molecule has 0 aliphatic carbocycles. The zero-order valence-corrected chi connectivity index (χ0v) is 13.2. The van der Waals surface area contributed by atoms with Crippen LogP contribution in [0.3, 0.4) is 0 Å². The number of carbonyl (C=O) groups is 1. The third kappa shape index (κ3) is 3.85. The predicted molar refractivity (Wildman–Crippen MR) is 81.7 cm³/mol.